The molecule has 0 radical (unpaired) electrons. The van der Waals surface area contributed by atoms with Gasteiger partial charge in [0.1, 0.15) is 0 Å². The fraction of sp³-hybridized carbons (Fsp3) is 0.667. The molecule has 20 heavy (non-hydrogen) atoms. The Labute approximate surface area is 126 Å². The van der Waals surface area contributed by atoms with E-state index in [1.165, 1.54) is 23.1 Å². The van der Waals surface area contributed by atoms with Crippen molar-refractivity contribution in [2.75, 3.05) is 11.1 Å². The van der Waals surface area contributed by atoms with Gasteiger partial charge in [-0.05, 0) is 19.3 Å². The summed E-state index contributed by atoms with van der Waals surface area (Å²) < 4.78 is 0.690. The van der Waals surface area contributed by atoms with Crippen LogP contribution in [0.2, 0.25) is 0 Å². The van der Waals surface area contributed by atoms with Crippen LogP contribution in [-0.2, 0) is 9.59 Å². The Morgan fingerprint density at radius 1 is 1.45 bits per heavy atom. The fourth-order valence-corrected chi connectivity index (χ4v) is 2.92. The van der Waals surface area contributed by atoms with Crippen LogP contribution in [0.25, 0.3) is 0 Å². The first-order valence-corrected chi connectivity index (χ1v) is 8.45. The number of nitrogens with zero attached hydrogens (tertiary/aromatic N) is 2. The summed E-state index contributed by atoms with van der Waals surface area (Å²) in [5.74, 6) is 0.272. The van der Waals surface area contributed by atoms with Crippen molar-refractivity contribution in [3.05, 3.63) is 0 Å². The molecular weight excluding hydrogens is 296 g/mol. The minimum absolute atomic E-state index is 0.0258. The van der Waals surface area contributed by atoms with Crippen LogP contribution in [0.1, 0.15) is 33.1 Å². The number of rotatable bonds is 7. The summed E-state index contributed by atoms with van der Waals surface area (Å²) in [6.45, 7) is 3.83. The summed E-state index contributed by atoms with van der Waals surface area (Å²) in [6, 6.07) is 0.378. The molecule has 0 spiro atoms. The Morgan fingerprint density at radius 3 is 2.85 bits per heavy atom. The zero-order chi connectivity index (χ0) is 14.5. The van der Waals surface area contributed by atoms with E-state index in [2.05, 4.69) is 20.8 Å². The topological polar surface area (TPSA) is 84.0 Å². The monoisotopic (exact) mass is 314 g/mol. The van der Waals surface area contributed by atoms with Crippen LogP contribution in [0.4, 0.5) is 5.13 Å². The van der Waals surface area contributed by atoms with E-state index in [4.69, 9.17) is 0 Å². The van der Waals surface area contributed by atoms with Gasteiger partial charge in [0.15, 0.2) is 4.34 Å². The van der Waals surface area contributed by atoms with Crippen molar-refractivity contribution in [2.45, 2.75) is 43.5 Å². The highest BCUT2D eigenvalue weighted by molar-refractivity contribution is 8.01. The Hall–Kier alpha value is -1.15. The molecule has 8 heteroatoms. The molecule has 0 saturated heterocycles. The highest BCUT2D eigenvalue weighted by atomic mass is 32.2. The van der Waals surface area contributed by atoms with Gasteiger partial charge >= 0.3 is 0 Å². The minimum Gasteiger partial charge on any atom is -0.353 e. The maximum absolute atomic E-state index is 11.7. The molecule has 2 rings (SSSR count). The first-order valence-electron chi connectivity index (χ1n) is 6.65. The SMILES string of the molecule is CCC(C)C(=O)Nc1nnc(SCC(=O)NC2CC2)s1. The minimum atomic E-state index is -0.0494. The van der Waals surface area contributed by atoms with Gasteiger partial charge in [-0.3, -0.25) is 9.59 Å². The number of hydrogen-bond acceptors (Lipinski definition) is 6. The summed E-state index contributed by atoms with van der Waals surface area (Å²) in [5, 5.41) is 14.0. The van der Waals surface area contributed by atoms with Gasteiger partial charge in [0, 0.05) is 12.0 Å². The molecule has 2 amide bonds. The first-order chi connectivity index (χ1) is 9.58. The summed E-state index contributed by atoms with van der Waals surface area (Å²) in [7, 11) is 0. The van der Waals surface area contributed by atoms with Crippen LogP contribution < -0.4 is 10.6 Å². The molecule has 1 aromatic rings. The molecule has 1 atom stereocenters. The predicted molar refractivity (Wildman–Crippen MR) is 79.9 cm³/mol. The van der Waals surface area contributed by atoms with Crippen molar-refractivity contribution in [3.8, 4) is 0 Å². The fourth-order valence-electron chi connectivity index (χ4n) is 1.36. The number of amides is 2. The van der Waals surface area contributed by atoms with Crippen molar-refractivity contribution in [1.82, 2.24) is 15.5 Å². The summed E-state index contributed by atoms with van der Waals surface area (Å²) in [6.07, 6.45) is 2.95. The number of carbonyl (C=O) groups excluding carboxylic acids is 2. The molecule has 1 fully saturated rings. The largest absolute Gasteiger partial charge is 0.353 e. The van der Waals surface area contributed by atoms with E-state index in [9.17, 15) is 9.59 Å². The van der Waals surface area contributed by atoms with Crippen LogP contribution in [0, 0.1) is 5.92 Å². The summed E-state index contributed by atoms with van der Waals surface area (Å²) >= 11 is 2.64. The number of hydrogen-bond donors (Lipinski definition) is 2. The normalized spacial score (nSPS) is 15.7. The highest BCUT2D eigenvalue weighted by Gasteiger charge is 2.23. The van der Waals surface area contributed by atoms with E-state index in [0.29, 0.717) is 21.3 Å². The van der Waals surface area contributed by atoms with Crippen LogP contribution >= 0.6 is 23.1 Å². The van der Waals surface area contributed by atoms with Gasteiger partial charge in [0.05, 0.1) is 5.75 Å². The van der Waals surface area contributed by atoms with Gasteiger partial charge in [0.2, 0.25) is 16.9 Å². The Kier molecular flexibility index (Phi) is 5.36. The van der Waals surface area contributed by atoms with Crippen LogP contribution in [0.15, 0.2) is 4.34 Å². The molecular formula is C12H18N4O2S2. The number of aromatic nitrogens is 2. The van der Waals surface area contributed by atoms with Crippen molar-refractivity contribution in [2.24, 2.45) is 5.92 Å². The third kappa shape index (κ3) is 4.75. The van der Waals surface area contributed by atoms with E-state index in [-0.39, 0.29) is 17.7 Å². The third-order valence-corrected chi connectivity index (χ3v) is 4.94. The molecule has 1 unspecified atom stereocenters. The van der Waals surface area contributed by atoms with Gasteiger partial charge in [-0.25, -0.2) is 0 Å². The Bertz CT molecular complexity index is 488. The van der Waals surface area contributed by atoms with E-state index in [0.717, 1.165) is 19.3 Å². The number of carbonyl (C=O) groups is 2. The zero-order valence-electron chi connectivity index (χ0n) is 11.5. The molecule has 6 nitrogen and oxygen atoms in total. The molecule has 0 aliphatic heterocycles. The third-order valence-electron chi connectivity index (χ3n) is 2.97. The maximum atomic E-state index is 11.7. The highest BCUT2D eigenvalue weighted by Crippen LogP contribution is 2.26. The summed E-state index contributed by atoms with van der Waals surface area (Å²) in [5.41, 5.74) is 0. The average molecular weight is 314 g/mol. The maximum Gasteiger partial charge on any atom is 0.230 e. The Balaban J connectivity index is 1.76. The van der Waals surface area contributed by atoms with Gasteiger partial charge < -0.3 is 10.6 Å². The second kappa shape index (κ2) is 7.03. The number of thioether (sulfide) groups is 1. The number of anilines is 1. The van der Waals surface area contributed by atoms with Crippen molar-refractivity contribution in [3.63, 3.8) is 0 Å². The molecule has 1 aromatic heterocycles. The van der Waals surface area contributed by atoms with Crippen LogP contribution in [-0.4, -0.2) is 33.8 Å². The van der Waals surface area contributed by atoms with E-state index < -0.39 is 0 Å². The second-order valence-electron chi connectivity index (χ2n) is 4.80. The molecule has 1 heterocycles. The molecule has 2 N–H and O–H groups in total. The summed E-state index contributed by atoms with van der Waals surface area (Å²) in [4.78, 5) is 23.2. The molecule has 1 saturated carbocycles. The van der Waals surface area contributed by atoms with Gasteiger partial charge in [0.25, 0.3) is 0 Å². The Morgan fingerprint density at radius 2 is 2.20 bits per heavy atom. The predicted octanol–water partition coefficient (Wildman–Crippen LogP) is 1.89. The van der Waals surface area contributed by atoms with Crippen LogP contribution in [0.3, 0.4) is 0 Å². The van der Waals surface area contributed by atoms with Gasteiger partial charge in [-0.15, -0.1) is 10.2 Å². The van der Waals surface area contributed by atoms with Crippen molar-refractivity contribution in [1.29, 1.82) is 0 Å². The van der Waals surface area contributed by atoms with Gasteiger partial charge in [-0.1, -0.05) is 36.9 Å². The van der Waals surface area contributed by atoms with E-state index in [1.807, 2.05) is 13.8 Å². The molecule has 1 aliphatic rings. The van der Waals surface area contributed by atoms with Gasteiger partial charge in [-0.2, -0.15) is 0 Å². The van der Waals surface area contributed by atoms with E-state index in [1.54, 1.807) is 0 Å². The van der Waals surface area contributed by atoms with E-state index >= 15 is 0 Å². The van der Waals surface area contributed by atoms with Crippen LogP contribution in [0.5, 0.6) is 0 Å². The van der Waals surface area contributed by atoms with Crippen molar-refractivity contribution >= 4 is 40.0 Å². The quantitative estimate of drug-likeness (QED) is 0.593. The smallest absolute Gasteiger partial charge is 0.230 e. The first kappa shape index (κ1) is 15.2. The molecule has 1 aliphatic carbocycles. The second-order valence-corrected chi connectivity index (χ2v) is 7.00. The molecule has 0 bridgehead atoms. The standard InChI is InChI=1S/C12H18N4O2S2/c1-3-7(2)10(18)14-11-15-16-12(20-11)19-6-9(17)13-8-4-5-8/h7-8H,3-6H2,1-2H3,(H,13,17)(H,14,15,18). The molecule has 110 valence electrons. The lowest BCUT2D eigenvalue weighted by Gasteiger charge is -2.06. The average Bonchev–Trinajstić information content (AvgIpc) is 3.13. The lowest BCUT2D eigenvalue weighted by molar-refractivity contribution is -0.120. The molecule has 0 aromatic carbocycles. The lowest BCUT2D eigenvalue weighted by Crippen LogP contribution is -2.26. The van der Waals surface area contributed by atoms with Crippen molar-refractivity contribution < 1.29 is 9.59 Å². The zero-order valence-corrected chi connectivity index (χ0v) is 13.1. The number of nitrogens with one attached hydrogen (secondary N) is 2. The lowest BCUT2D eigenvalue weighted by atomic mass is 10.1.